The fourth-order valence-electron chi connectivity index (χ4n) is 2.44. The van der Waals surface area contributed by atoms with Crippen molar-refractivity contribution in [3.63, 3.8) is 0 Å². The number of phenolic OH excluding ortho intramolecular Hbond substituents is 1. The Balaban J connectivity index is 1.76. The van der Waals surface area contributed by atoms with Crippen LogP contribution in [0, 0.1) is 0 Å². The average molecular weight is 374 g/mol. The van der Waals surface area contributed by atoms with Crippen LogP contribution < -0.4 is 0 Å². The molecule has 5 heteroatoms. The molecular weight excluding hydrogens is 358 g/mol. The third-order valence-electron chi connectivity index (χ3n) is 3.65. The van der Waals surface area contributed by atoms with Gasteiger partial charge >= 0.3 is 0 Å². The minimum atomic E-state index is -0.180. The van der Waals surface area contributed by atoms with Gasteiger partial charge in [-0.3, -0.25) is 9.69 Å². The van der Waals surface area contributed by atoms with Crippen LogP contribution in [0.15, 0.2) is 70.9 Å². The number of nitrogens with zero attached hydrogens (tertiary/aromatic N) is 1. The fourth-order valence-corrected chi connectivity index (χ4v) is 2.82. The normalized spacial score (nSPS) is 16.7. The van der Waals surface area contributed by atoms with E-state index in [1.54, 1.807) is 24.5 Å². The summed E-state index contributed by atoms with van der Waals surface area (Å²) >= 11 is 3.22. The van der Waals surface area contributed by atoms with Crippen molar-refractivity contribution in [3.05, 3.63) is 76.5 Å². The number of hydrogen-bond donors (Lipinski definition) is 1. The molecule has 1 aromatic carbocycles. The topological polar surface area (TPSA) is 49.8 Å². The predicted octanol–water partition coefficient (Wildman–Crippen LogP) is 4.61. The summed E-state index contributed by atoms with van der Waals surface area (Å²) in [5, 5.41) is 9.53. The zero-order valence-corrected chi connectivity index (χ0v) is 14.0. The highest BCUT2D eigenvalue weighted by molar-refractivity contribution is 9.10. The van der Waals surface area contributed by atoms with E-state index in [-0.39, 0.29) is 11.7 Å². The molecule has 1 aromatic rings. The number of halogens is 1. The zero-order valence-electron chi connectivity index (χ0n) is 12.4. The summed E-state index contributed by atoms with van der Waals surface area (Å²) in [6.07, 6.45) is 13.8. The molecule has 0 radical (unpaired) electrons. The fraction of sp³-hybridized carbons (Fsp3) is 0.167. The van der Waals surface area contributed by atoms with Crippen LogP contribution in [0.5, 0.6) is 5.75 Å². The van der Waals surface area contributed by atoms with Gasteiger partial charge in [-0.25, -0.2) is 0 Å². The summed E-state index contributed by atoms with van der Waals surface area (Å²) in [5.74, 6) is 0.660. The summed E-state index contributed by atoms with van der Waals surface area (Å²) < 4.78 is 6.00. The Morgan fingerprint density at radius 3 is 3.00 bits per heavy atom. The largest absolute Gasteiger partial charge is 0.507 e. The minimum Gasteiger partial charge on any atom is -0.507 e. The number of carbonyl (C=O) groups excluding carboxylic acids is 1. The Hall–Kier alpha value is -2.27. The maximum atomic E-state index is 12.5. The highest BCUT2D eigenvalue weighted by Gasteiger charge is 2.17. The molecule has 0 fully saturated rings. The monoisotopic (exact) mass is 373 g/mol. The molecule has 0 saturated carbocycles. The van der Waals surface area contributed by atoms with Crippen LogP contribution in [0.1, 0.15) is 29.6 Å². The molecular formula is C18H16BrNO3. The Kier molecular flexibility index (Phi) is 4.67. The summed E-state index contributed by atoms with van der Waals surface area (Å²) in [6.45, 7) is 0. The molecule has 23 heavy (non-hydrogen) atoms. The molecule has 1 amide bonds. The van der Waals surface area contributed by atoms with Gasteiger partial charge in [0.2, 0.25) is 0 Å². The maximum Gasteiger partial charge on any atom is 0.262 e. The number of benzene rings is 1. The second kappa shape index (κ2) is 6.87. The number of allylic oxidation sites excluding steroid dienone is 4. The van der Waals surface area contributed by atoms with Crippen molar-refractivity contribution in [1.82, 2.24) is 4.90 Å². The smallest absolute Gasteiger partial charge is 0.262 e. The second-order valence-corrected chi connectivity index (χ2v) is 6.20. The molecule has 0 saturated heterocycles. The zero-order chi connectivity index (χ0) is 16.2. The molecule has 4 nitrogen and oxygen atoms in total. The first-order chi connectivity index (χ1) is 11.1. The number of carbonyl (C=O) groups is 1. The molecule has 0 spiro atoms. The molecule has 1 heterocycles. The van der Waals surface area contributed by atoms with Gasteiger partial charge in [-0.1, -0.05) is 23.8 Å². The minimum absolute atomic E-state index is 0.104. The molecule has 0 atom stereocenters. The van der Waals surface area contributed by atoms with Crippen molar-refractivity contribution in [2.45, 2.75) is 19.3 Å². The van der Waals surface area contributed by atoms with E-state index in [1.165, 1.54) is 22.8 Å². The van der Waals surface area contributed by atoms with E-state index in [1.807, 2.05) is 0 Å². The molecule has 2 aliphatic rings. The third kappa shape index (κ3) is 3.74. The van der Waals surface area contributed by atoms with E-state index in [0.29, 0.717) is 16.5 Å². The lowest BCUT2D eigenvalue weighted by Crippen LogP contribution is -2.23. The molecule has 3 rings (SSSR count). The van der Waals surface area contributed by atoms with Crippen LogP contribution >= 0.6 is 15.9 Å². The van der Waals surface area contributed by atoms with Crippen molar-refractivity contribution in [2.75, 3.05) is 0 Å². The Morgan fingerprint density at radius 1 is 1.39 bits per heavy atom. The number of rotatable bonds is 3. The van der Waals surface area contributed by atoms with Crippen molar-refractivity contribution >= 4 is 21.8 Å². The Labute approximate surface area is 143 Å². The first kappa shape index (κ1) is 15.6. The van der Waals surface area contributed by atoms with Crippen LogP contribution in [0.4, 0.5) is 0 Å². The van der Waals surface area contributed by atoms with E-state index in [9.17, 15) is 9.90 Å². The molecule has 1 N–H and O–H groups in total. The highest BCUT2D eigenvalue weighted by Crippen LogP contribution is 2.27. The van der Waals surface area contributed by atoms with Gasteiger partial charge in [0.05, 0.1) is 10.7 Å². The number of ether oxygens (including phenoxy) is 1. The van der Waals surface area contributed by atoms with Crippen LogP contribution in [0.25, 0.3) is 0 Å². The summed E-state index contributed by atoms with van der Waals surface area (Å²) in [5.41, 5.74) is 1.77. The number of amides is 1. The van der Waals surface area contributed by atoms with E-state index in [2.05, 4.69) is 34.2 Å². The number of phenols is 1. The van der Waals surface area contributed by atoms with Gasteiger partial charge in [-0.05, 0) is 47.0 Å². The van der Waals surface area contributed by atoms with Gasteiger partial charge in [0.15, 0.2) is 0 Å². The summed E-state index contributed by atoms with van der Waals surface area (Å²) in [6, 6.07) is 4.68. The standard InChI is InChI=1S/C18H16BrNO3/c19-16-11-14(6-7-17(16)21)18(22)20-8-9-23-15(12-20)10-13-4-2-1-3-5-13/h1-2,4,6-9,11-12,21H,3,5,10H2. The van der Waals surface area contributed by atoms with Gasteiger partial charge in [-0.2, -0.15) is 0 Å². The van der Waals surface area contributed by atoms with Crippen LogP contribution in [-0.4, -0.2) is 15.9 Å². The van der Waals surface area contributed by atoms with Gasteiger partial charge < -0.3 is 9.84 Å². The lowest BCUT2D eigenvalue weighted by Gasteiger charge is -2.21. The van der Waals surface area contributed by atoms with Crippen molar-refractivity contribution in [3.8, 4) is 5.75 Å². The maximum absolute atomic E-state index is 12.5. The number of aromatic hydroxyl groups is 1. The van der Waals surface area contributed by atoms with Crippen molar-refractivity contribution < 1.29 is 14.6 Å². The molecule has 1 aliphatic carbocycles. The molecule has 118 valence electrons. The highest BCUT2D eigenvalue weighted by atomic mass is 79.9. The lowest BCUT2D eigenvalue weighted by molar-refractivity contribution is 0.0854. The molecule has 0 unspecified atom stereocenters. The molecule has 0 aromatic heterocycles. The SMILES string of the molecule is O=C(c1ccc(O)c(Br)c1)N1C=COC(CC2=CC=CCC2)=C1. The van der Waals surface area contributed by atoms with Crippen LogP contribution in [0.3, 0.4) is 0 Å². The Bertz CT molecular complexity index is 747. The first-order valence-electron chi connectivity index (χ1n) is 7.33. The third-order valence-corrected chi connectivity index (χ3v) is 4.29. The first-order valence-corrected chi connectivity index (χ1v) is 8.12. The van der Waals surface area contributed by atoms with E-state index >= 15 is 0 Å². The second-order valence-electron chi connectivity index (χ2n) is 5.35. The van der Waals surface area contributed by atoms with Gasteiger partial charge in [0, 0.05) is 18.2 Å². The Morgan fingerprint density at radius 2 is 2.26 bits per heavy atom. The van der Waals surface area contributed by atoms with E-state index in [0.717, 1.165) is 18.6 Å². The summed E-state index contributed by atoms with van der Waals surface area (Å²) in [4.78, 5) is 14.0. The van der Waals surface area contributed by atoms with Gasteiger partial charge in [0.25, 0.3) is 5.91 Å². The van der Waals surface area contributed by atoms with Gasteiger partial charge in [-0.15, -0.1) is 0 Å². The summed E-state index contributed by atoms with van der Waals surface area (Å²) in [7, 11) is 0. The van der Waals surface area contributed by atoms with E-state index < -0.39 is 0 Å². The van der Waals surface area contributed by atoms with E-state index in [4.69, 9.17) is 4.74 Å². The van der Waals surface area contributed by atoms with Crippen LogP contribution in [0.2, 0.25) is 0 Å². The van der Waals surface area contributed by atoms with Crippen molar-refractivity contribution in [2.24, 2.45) is 0 Å². The quantitative estimate of drug-likeness (QED) is 0.841. The predicted molar refractivity (Wildman–Crippen MR) is 91.4 cm³/mol. The average Bonchev–Trinajstić information content (AvgIpc) is 2.58. The number of hydrogen-bond acceptors (Lipinski definition) is 3. The molecule has 0 bridgehead atoms. The van der Waals surface area contributed by atoms with Gasteiger partial charge in [0.1, 0.15) is 17.8 Å². The lowest BCUT2D eigenvalue weighted by atomic mass is 10.0. The molecule has 1 aliphatic heterocycles. The van der Waals surface area contributed by atoms with Crippen molar-refractivity contribution in [1.29, 1.82) is 0 Å². The van der Waals surface area contributed by atoms with Crippen LogP contribution in [-0.2, 0) is 4.74 Å².